The van der Waals surface area contributed by atoms with Crippen molar-refractivity contribution >= 4 is 12.2 Å². The second-order valence-electron chi connectivity index (χ2n) is 4.88. The molecular formula is C18H20O6. The Morgan fingerprint density at radius 1 is 0.583 bits per heavy atom. The molecular weight excluding hydrogens is 312 g/mol. The molecule has 0 unspecified atom stereocenters. The largest absolute Gasteiger partial charge is 0.502 e. The third-order valence-corrected chi connectivity index (χ3v) is 3.47. The molecule has 0 radical (unpaired) electrons. The molecule has 0 amide bonds. The van der Waals surface area contributed by atoms with Crippen LogP contribution in [0.4, 0.5) is 0 Å². The normalized spacial score (nSPS) is 10.7. The summed E-state index contributed by atoms with van der Waals surface area (Å²) in [5.41, 5.74) is 1.54. The molecule has 2 rings (SSSR count). The highest BCUT2D eigenvalue weighted by molar-refractivity contribution is 5.74. The maximum atomic E-state index is 9.93. The van der Waals surface area contributed by atoms with Crippen molar-refractivity contribution in [2.24, 2.45) is 0 Å². The highest BCUT2D eigenvalue weighted by atomic mass is 16.5. The molecule has 0 spiro atoms. The lowest BCUT2D eigenvalue weighted by atomic mass is 10.1. The highest BCUT2D eigenvalue weighted by Gasteiger charge is 2.11. The van der Waals surface area contributed by atoms with Crippen LogP contribution in [-0.4, -0.2) is 38.7 Å². The molecule has 128 valence electrons. The van der Waals surface area contributed by atoms with Crippen LogP contribution < -0.4 is 18.9 Å². The lowest BCUT2D eigenvalue weighted by Crippen LogP contribution is -1.91. The zero-order valence-electron chi connectivity index (χ0n) is 14.0. The van der Waals surface area contributed by atoms with E-state index in [1.54, 1.807) is 24.3 Å². The van der Waals surface area contributed by atoms with Crippen LogP contribution in [0.1, 0.15) is 11.1 Å². The van der Waals surface area contributed by atoms with Gasteiger partial charge in [-0.3, -0.25) is 0 Å². The van der Waals surface area contributed by atoms with E-state index in [-0.39, 0.29) is 11.5 Å². The average molecular weight is 332 g/mol. The molecule has 0 fully saturated rings. The van der Waals surface area contributed by atoms with E-state index < -0.39 is 0 Å². The van der Waals surface area contributed by atoms with Crippen molar-refractivity contribution in [1.82, 2.24) is 0 Å². The Morgan fingerprint density at radius 3 is 1.04 bits per heavy atom. The van der Waals surface area contributed by atoms with Crippen LogP contribution in [0.25, 0.3) is 12.2 Å². The van der Waals surface area contributed by atoms with E-state index in [1.165, 1.54) is 28.4 Å². The van der Waals surface area contributed by atoms with E-state index in [0.717, 1.165) is 11.1 Å². The predicted molar refractivity (Wildman–Crippen MR) is 91.3 cm³/mol. The molecule has 6 nitrogen and oxygen atoms in total. The monoisotopic (exact) mass is 332 g/mol. The summed E-state index contributed by atoms with van der Waals surface area (Å²) in [5.74, 6) is 1.16. The van der Waals surface area contributed by atoms with Gasteiger partial charge in [0.25, 0.3) is 0 Å². The summed E-state index contributed by atoms with van der Waals surface area (Å²) in [6.07, 6.45) is 3.63. The lowest BCUT2D eigenvalue weighted by Gasteiger charge is -2.10. The fourth-order valence-corrected chi connectivity index (χ4v) is 2.21. The average Bonchev–Trinajstić information content (AvgIpc) is 2.61. The van der Waals surface area contributed by atoms with Crippen molar-refractivity contribution in [1.29, 1.82) is 0 Å². The molecule has 0 bridgehead atoms. The number of aromatic hydroxyl groups is 2. The second kappa shape index (κ2) is 7.50. The van der Waals surface area contributed by atoms with Gasteiger partial charge in [0.1, 0.15) is 0 Å². The van der Waals surface area contributed by atoms with Crippen molar-refractivity contribution in [2.75, 3.05) is 28.4 Å². The third-order valence-electron chi connectivity index (χ3n) is 3.47. The number of benzene rings is 2. The fraction of sp³-hybridized carbons (Fsp3) is 0.222. The quantitative estimate of drug-likeness (QED) is 0.790. The van der Waals surface area contributed by atoms with Gasteiger partial charge in [-0.25, -0.2) is 0 Å². The third kappa shape index (κ3) is 3.48. The Kier molecular flexibility index (Phi) is 5.42. The van der Waals surface area contributed by atoms with Crippen LogP contribution in [-0.2, 0) is 0 Å². The molecule has 2 N–H and O–H groups in total. The second-order valence-corrected chi connectivity index (χ2v) is 4.88. The summed E-state index contributed by atoms with van der Waals surface area (Å²) in [5, 5.41) is 19.9. The molecule has 0 aliphatic carbocycles. The smallest absolute Gasteiger partial charge is 0.200 e. The summed E-state index contributed by atoms with van der Waals surface area (Å²) < 4.78 is 20.5. The first kappa shape index (κ1) is 17.3. The molecule has 0 aromatic heterocycles. The summed E-state index contributed by atoms with van der Waals surface area (Å²) in [6, 6.07) is 6.74. The van der Waals surface area contributed by atoms with Gasteiger partial charge in [-0.2, -0.15) is 0 Å². The first-order valence-electron chi connectivity index (χ1n) is 7.12. The van der Waals surface area contributed by atoms with Crippen LogP contribution in [0, 0.1) is 0 Å². The molecule has 0 aliphatic heterocycles. The molecule has 0 saturated carbocycles. The molecule has 2 aromatic rings. The summed E-state index contributed by atoms with van der Waals surface area (Å²) in [6.45, 7) is 0. The summed E-state index contributed by atoms with van der Waals surface area (Å²) in [4.78, 5) is 0. The van der Waals surface area contributed by atoms with Crippen molar-refractivity contribution in [2.45, 2.75) is 0 Å². The van der Waals surface area contributed by atoms with E-state index in [4.69, 9.17) is 18.9 Å². The molecule has 2 aromatic carbocycles. The van der Waals surface area contributed by atoms with Crippen LogP contribution in [0.15, 0.2) is 24.3 Å². The molecule has 0 atom stereocenters. The van der Waals surface area contributed by atoms with Crippen molar-refractivity contribution in [3.8, 4) is 34.5 Å². The Bertz CT molecular complexity index is 638. The van der Waals surface area contributed by atoms with Gasteiger partial charge in [-0.1, -0.05) is 12.2 Å². The molecule has 0 saturated heterocycles. The maximum absolute atomic E-state index is 9.93. The van der Waals surface area contributed by atoms with E-state index in [2.05, 4.69) is 0 Å². The van der Waals surface area contributed by atoms with Crippen LogP contribution in [0.3, 0.4) is 0 Å². The minimum atomic E-state index is -0.0508. The van der Waals surface area contributed by atoms with Gasteiger partial charge < -0.3 is 29.2 Å². The summed E-state index contributed by atoms with van der Waals surface area (Å²) in [7, 11) is 5.88. The van der Waals surface area contributed by atoms with Gasteiger partial charge >= 0.3 is 0 Å². The van der Waals surface area contributed by atoms with E-state index in [9.17, 15) is 10.2 Å². The van der Waals surface area contributed by atoms with Crippen LogP contribution in [0.2, 0.25) is 0 Å². The highest BCUT2D eigenvalue weighted by Crippen LogP contribution is 2.39. The number of phenols is 2. The number of phenolic OH excluding ortho intramolecular Hbond substituents is 2. The molecule has 24 heavy (non-hydrogen) atoms. The van der Waals surface area contributed by atoms with Crippen molar-refractivity contribution in [3.63, 3.8) is 0 Å². The van der Waals surface area contributed by atoms with Gasteiger partial charge in [0.15, 0.2) is 23.0 Å². The lowest BCUT2D eigenvalue weighted by molar-refractivity contribution is 0.339. The Morgan fingerprint density at radius 2 is 0.833 bits per heavy atom. The molecule has 0 aliphatic rings. The Labute approximate surface area is 140 Å². The van der Waals surface area contributed by atoms with Gasteiger partial charge in [-0.15, -0.1) is 0 Å². The standard InChI is InChI=1S/C18H20O6/c1-21-13-7-11(8-14(22-2)17(13)19)5-6-12-9-15(23-3)18(20)16(10-12)24-4/h5-10,19-20H,1-4H3. The van der Waals surface area contributed by atoms with Gasteiger partial charge in [0, 0.05) is 0 Å². The molecule has 6 heteroatoms. The first-order chi connectivity index (χ1) is 11.5. The maximum Gasteiger partial charge on any atom is 0.200 e. The molecule has 0 heterocycles. The van der Waals surface area contributed by atoms with E-state index in [1.807, 2.05) is 12.2 Å². The number of ether oxygens (including phenoxy) is 4. The van der Waals surface area contributed by atoms with Crippen molar-refractivity contribution < 1.29 is 29.2 Å². The van der Waals surface area contributed by atoms with Crippen molar-refractivity contribution in [3.05, 3.63) is 35.4 Å². The zero-order chi connectivity index (χ0) is 17.7. The minimum absolute atomic E-state index is 0.0508. The number of hydrogen-bond donors (Lipinski definition) is 2. The SMILES string of the molecule is COc1cc(C=Cc2cc(OC)c(O)c(OC)c2)cc(OC)c1O. The number of methoxy groups -OCH3 is 4. The van der Waals surface area contributed by atoms with Crippen LogP contribution >= 0.6 is 0 Å². The topological polar surface area (TPSA) is 77.4 Å². The minimum Gasteiger partial charge on any atom is -0.502 e. The van der Waals surface area contributed by atoms with Crippen LogP contribution in [0.5, 0.6) is 34.5 Å². The predicted octanol–water partition coefficient (Wildman–Crippen LogP) is 3.30. The zero-order valence-corrected chi connectivity index (χ0v) is 14.0. The number of hydrogen-bond acceptors (Lipinski definition) is 6. The van der Waals surface area contributed by atoms with Gasteiger partial charge in [0.05, 0.1) is 28.4 Å². The van der Waals surface area contributed by atoms with Gasteiger partial charge in [0.2, 0.25) is 11.5 Å². The first-order valence-corrected chi connectivity index (χ1v) is 7.12. The summed E-state index contributed by atoms with van der Waals surface area (Å²) >= 11 is 0. The van der Waals surface area contributed by atoms with E-state index >= 15 is 0 Å². The fourth-order valence-electron chi connectivity index (χ4n) is 2.21. The van der Waals surface area contributed by atoms with E-state index in [0.29, 0.717) is 23.0 Å². The Balaban J connectivity index is 2.41. The van der Waals surface area contributed by atoms with Gasteiger partial charge in [-0.05, 0) is 35.4 Å². The Hall–Kier alpha value is -3.02. The number of rotatable bonds is 6.